The molecule has 0 aliphatic heterocycles. The monoisotopic (exact) mass is 375 g/mol. The Kier molecular flexibility index (Phi) is 5.31. The third kappa shape index (κ3) is 5.71. The number of esters is 1. The molecule has 1 aromatic rings. The molecule has 0 heterocycles. The van der Waals surface area contributed by atoms with E-state index < -0.39 is 48.3 Å². The average Bonchev–Trinajstić information content (AvgIpc) is 2.32. The normalized spacial score (nSPS) is 12.7. The number of halogens is 3. The Morgan fingerprint density at radius 1 is 1.22 bits per heavy atom. The van der Waals surface area contributed by atoms with Crippen molar-refractivity contribution in [2.75, 3.05) is 23.2 Å². The highest BCUT2D eigenvalue weighted by Crippen LogP contribution is 2.36. The van der Waals surface area contributed by atoms with Crippen LogP contribution in [-0.2, 0) is 30.8 Å². The number of carbonyl (C=O) groups excluding carboxylic acids is 1. The van der Waals surface area contributed by atoms with Crippen molar-refractivity contribution < 1.29 is 39.5 Å². The van der Waals surface area contributed by atoms with E-state index in [9.17, 15) is 34.8 Å². The van der Waals surface area contributed by atoms with Gasteiger partial charge in [-0.2, -0.15) is 13.2 Å². The Hall–Kier alpha value is -1.82. The van der Waals surface area contributed by atoms with Gasteiger partial charge in [-0.15, -0.1) is 0 Å². The molecule has 7 nitrogen and oxygen atoms in total. The van der Waals surface area contributed by atoms with E-state index in [0.717, 1.165) is 13.2 Å². The number of sulfonamides is 1. The van der Waals surface area contributed by atoms with E-state index >= 15 is 0 Å². The first-order valence-corrected chi connectivity index (χ1v) is 9.44. The molecule has 0 amide bonds. The summed E-state index contributed by atoms with van der Waals surface area (Å²) in [6.45, 7) is 0. The third-order valence-corrected chi connectivity index (χ3v) is 5.87. The molecule has 0 aliphatic rings. The number of benzene rings is 1. The zero-order chi connectivity index (χ0) is 18.1. The van der Waals surface area contributed by atoms with E-state index in [0.29, 0.717) is 18.4 Å². The molecule has 12 heteroatoms. The number of rotatable bonds is 5. The Balaban J connectivity index is 3.39. The molecular weight excluding hydrogens is 363 g/mol. The summed E-state index contributed by atoms with van der Waals surface area (Å²) < 4.78 is 90.0. The van der Waals surface area contributed by atoms with Crippen molar-refractivity contribution in [2.45, 2.75) is 6.18 Å². The van der Waals surface area contributed by atoms with Gasteiger partial charge in [0.25, 0.3) is 0 Å². The zero-order valence-electron chi connectivity index (χ0n) is 11.8. The summed E-state index contributed by atoms with van der Waals surface area (Å²) in [5.74, 6) is -0.984. The number of alkyl halides is 3. The van der Waals surface area contributed by atoms with Crippen LogP contribution in [0, 0.1) is 0 Å². The maximum Gasteiger partial charge on any atom is 0.418 e. The number of sulfone groups is 1. The largest absolute Gasteiger partial charge is 0.465 e. The van der Waals surface area contributed by atoms with E-state index in [1.165, 1.54) is 4.72 Å². The van der Waals surface area contributed by atoms with Crippen molar-refractivity contribution in [3.05, 3.63) is 29.3 Å². The highest BCUT2D eigenvalue weighted by molar-refractivity contribution is 8.08. The number of hydrogen-bond donors (Lipinski definition) is 1. The minimum atomic E-state index is -4.92. The number of anilines is 1. The molecule has 0 aliphatic carbocycles. The quantitative estimate of drug-likeness (QED) is 0.776. The van der Waals surface area contributed by atoms with E-state index in [1.807, 2.05) is 0 Å². The van der Waals surface area contributed by atoms with E-state index in [2.05, 4.69) is 4.74 Å². The molecule has 0 saturated heterocycles. The van der Waals surface area contributed by atoms with Crippen LogP contribution in [-0.4, -0.2) is 41.3 Å². The molecule has 0 saturated carbocycles. The van der Waals surface area contributed by atoms with Gasteiger partial charge in [-0.25, -0.2) is 21.6 Å². The maximum absolute atomic E-state index is 12.9. The fourth-order valence-electron chi connectivity index (χ4n) is 1.60. The van der Waals surface area contributed by atoms with Crippen LogP contribution in [0.3, 0.4) is 0 Å². The van der Waals surface area contributed by atoms with Crippen LogP contribution < -0.4 is 4.72 Å². The Labute approximate surface area is 130 Å². The van der Waals surface area contributed by atoms with Gasteiger partial charge < -0.3 is 4.74 Å². The standard InChI is InChI=1S/C11H12F3NO6S2/c1-21-10(16)7-3-4-8(11(12,13)14)9(5-7)15-23(19,20)6-22(2,17)18/h3-5,15H,6H2,1-2H3. The molecule has 0 spiro atoms. The number of nitrogens with one attached hydrogen (secondary N) is 1. The van der Waals surface area contributed by atoms with Crippen LogP contribution in [0.1, 0.15) is 15.9 Å². The maximum atomic E-state index is 12.9. The van der Waals surface area contributed by atoms with Gasteiger partial charge in [0.05, 0.1) is 23.9 Å². The lowest BCUT2D eigenvalue weighted by atomic mass is 10.1. The molecule has 0 aromatic heterocycles. The molecule has 1 N–H and O–H groups in total. The molecule has 23 heavy (non-hydrogen) atoms. The molecule has 0 unspecified atom stereocenters. The predicted molar refractivity (Wildman–Crippen MR) is 75.0 cm³/mol. The highest BCUT2D eigenvalue weighted by atomic mass is 32.3. The second-order valence-corrected chi connectivity index (χ2v) is 8.74. The number of hydrogen-bond acceptors (Lipinski definition) is 6. The topological polar surface area (TPSA) is 107 Å². The van der Waals surface area contributed by atoms with Gasteiger partial charge in [0.15, 0.2) is 14.9 Å². The molecule has 0 fully saturated rings. The van der Waals surface area contributed by atoms with Gasteiger partial charge in [0, 0.05) is 6.26 Å². The summed E-state index contributed by atoms with van der Waals surface area (Å²) in [4.78, 5) is 11.3. The SMILES string of the molecule is COC(=O)c1ccc(C(F)(F)F)c(NS(=O)(=O)CS(C)(=O)=O)c1. The summed E-state index contributed by atoms with van der Waals surface area (Å²) in [6.07, 6.45) is -4.31. The van der Waals surface area contributed by atoms with Gasteiger partial charge in [0.1, 0.15) is 0 Å². The molecule has 0 atom stereocenters. The van der Waals surface area contributed by atoms with Crippen molar-refractivity contribution in [1.82, 2.24) is 0 Å². The van der Waals surface area contributed by atoms with Crippen LogP contribution in [0.2, 0.25) is 0 Å². The van der Waals surface area contributed by atoms with Crippen LogP contribution in [0.15, 0.2) is 18.2 Å². The summed E-state index contributed by atoms with van der Waals surface area (Å²) in [5.41, 5.74) is -2.68. The molecule has 0 radical (unpaired) electrons. The number of carbonyl (C=O) groups is 1. The van der Waals surface area contributed by atoms with Crippen molar-refractivity contribution in [3.63, 3.8) is 0 Å². The number of ether oxygens (including phenoxy) is 1. The Bertz CT molecular complexity index is 815. The fraction of sp³-hybridized carbons (Fsp3) is 0.364. The predicted octanol–water partition coefficient (Wildman–Crippen LogP) is 1.24. The second kappa shape index (κ2) is 6.35. The van der Waals surface area contributed by atoms with Crippen molar-refractivity contribution in [1.29, 1.82) is 0 Å². The first-order valence-electron chi connectivity index (χ1n) is 5.73. The summed E-state index contributed by atoms with van der Waals surface area (Å²) in [6, 6.07) is 1.92. The number of methoxy groups -OCH3 is 1. The van der Waals surface area contributed by atoms with E-state index in [4.69, 9.17) is 0 Å². The first kappa shape index (κ1) is 19.2. The lowest BCUT2D eigenvalue weighted by Gasteiger charge is -2.15. The van der Waals surface area contributed by atoms with Gasteiger partial charge in [-0.1, -0.05) is 0 Å². The van der Waals surface area contributed by atoms with Crippen molar-refractivity contribution >= 4 is 31.5 Å². The summed E-state index contributed by atoms with van der Waals surface area (Å²) in [7, 11) is -7.63. The summed E-state index contributed by atoms with van der Waals surface area (Å²) in [5, 5.41) is -1.40. The Morgan fingerprint density at radius 3 is 2.22 bits per heavy atom. The van der Waals surface area contributed by atoms with E-state index in [-0.39, 0.29) is 5.56 Å². The van der Waals surface area contributed by atoms with Gasteiger partial charge in [-0.3, -0.25) is 4.72 Å². The van der Waals surface area contributed by atoms with Crippen LogP contribution in [0.4, 0.5) is 18.9 Å². The van der Waals surface area contributed by atoms with Gasteiger partial charge in [0.2, 0.25) is 10.0 Å². The Morgan fingerprint density at radius 2 is 1.78 bits per heavy atom. The summed E-state index contributed by atoms with van der Waals surface area (Å²) >= 11 is 0. The van der Waals surface area contributed by atoms with Gasteiger partial charge in [-0.05, 0) is 18.2 Å². The van der Waals surface area contributed by atoms with Crippen LogP contribution in [0.5, 0.6) is 0 Å². The van der Waals surface area contributed by atoms with Crippen molar-refractivity contribution in [2.24, 2.45) is 0 Å². The molecule has 0 bridgehead atoms. The highest BCUT2D eigenvalue weighted by Gasteiger charge is 2.35. The van der Waals surface area contributed by atoms with Crippen LogP contribution >= 0.6 is 0 Å². The van der Waals surface area contributed by atoms with Gasteiger partial charge >= 0.3 is 12.1 Å². The minimum absolute atomic E-state index is 0.336. The minimum Gasteiger partial charge on any atom is -0.465 e. The molecule has 130 valence electrons. The zero-order valence-corrected chi connectivity index (χ0v) is 13.5. The fourth-order valence-corrected chi connectivity index (χ4v) is 4.59. The smallest absolute Gasteiger partial charge is 0.418 e. The van der Waals surface area contributed by atoms with E-state index in [1.54, 1.807) is 0 Å². The average molecular weight is 375 g/mol. The lowest BCUT2D eigenvalue weighted by Crippen LogP contribution is -2.24. The second-order valence-electron chi connectivity index (χ2n) is 4.51. The van der Waals surface area contributed by atoms with Crippen LogP contribution in [0.25, 0.3) is 0 Å². The lowest BCUT2D eigenvalue weighted by molar-refractivity contribution is -0.136. The third-order valence-electron chi connectivity index (χ3n) is 2.38. The molecular formula is C11H12F3NO6S2. The van der Waals surface area contributed by atoms with Crippen molar-refractivity contribution in [3.8, 4) is 0 Å². The first-order chi connectivity index (χ1) is 10.2. The molecule has 1 aromatic carbocycles. The molecule has 1 rings (SSSR count).